The van der Waals surface area contributed by atoms with E-state index < -0.39 is 28.9 Å². The number of unbranched alkanes of at least 4 members (excludes halogenated alkanes) is 1. The van der Waals surface area contributed by atoms with Crippen LogP contribution < -0.4 is 4.74 Å². The van der Waals surface area contributed by atoms with E-state index in [1.165, 1.54) is 13.3 Å². The fourth-order valence-electron chi connectivity index (χ4n) is 2.24. The standard InChI is InChI=1S/C15H18N2O7/c1-9(18)15(14(22)23,6-4-3-5-12(19)20)13(21)10-7-16-8-11(17-10)24-2/h7-8H,3-6H2,1-2H3,(H,19,20)(H,22,23). The van der Waals surface area contributed by atoms with Crippen LogP contribution in [0.25, 0.3) is 0 Å². The molecule has 0 aliphatic rings. The molecule has 1 unspecified atom stereocenters. The lowest BCUT2D eigenvalue weighted by Crippen LogP contribution is -2.45. The third kappa shape index (κ3) is 4.12. The fourth-order valence-corrected chi connectivity index (χ4v) is 2.24. The van der Waals surface area contributed by atoms with Gasteiger partial charge in [0.25, 0.3) is 0 Å². The third-order valence-corrected chi connectivity index (χ3v) is 3.60. The largest absolute Gasteiger partial charge is 0.481 e. The molecule has 0 spiro atoms. The summed E-state index contributed by atoms with van der Waals surface area (Å²) in [7, 11) is 1.31. The molecule has 0 aliphatic heterocycles. The van der Waals surface area contributed by atoms with Crippen LogP contribution in [0.3, 0.4) is 0 Å². The highest BCUT2D eigenvalue weighted by atomic mass is 16.5. The maximum atomic E-state index is 12.7. The summed E-state index contributed by atoms with van der Waals surface area (Å²) in [6.45, 7) is 1.01. The summed E-state index contributed by atoms with van der Waals surface area (Å²) in [6, 6.07) is 0. The van der Waals surface area contributed by atoms with Gasteiger partial charge in [-0.05, 0) is 19.8 Å². The van der Waals surface area contributed by atoms with E-state index in [0.717, 1.165) is 13.1 Å². The summed E-state index contributed by atoms with van der Waals surface area (Å²) in [5.41, 5.74) is -2.62. The van der Waals surface area contributed by atoms with E-state index in [1.807, 2.05) is 0 Å². The first-order valence-electron chi connectivity index (χ1n) is 7.12. The van der Waals surface area contributed by atoms with Crippen LogP contribution in [-0.4, -0.2) is 50.8 Å². The SMILES string of the molecule is COc1cncc(C(=O)C(CCCCC(=O)O)(C(C)=O)C(=O)O)n1. The van der Waals surface area contributed by atoms with Crippen molar-refractivity contribution in [1.29, 1.82) is 0 Å². The molecule has 0 aromatic carbocycles. The third-order valence-electron chi connectivity index (χ3n) is 3.60. The molecule has 9 nitrogen and oxygen atoms in total. The molecule has 130 valence electrons. The lowest BCUT2D eigenvalue weighted by Gasteiger charge is -2.24. The minimum absolute atomic E-state index is 0.00886. The number of nitrogens with zero attached hydrogens (tertiary/aromatic N) is 2. The average Bonchev–Trinajstić information content (AvgIpc) is 2.53. The molecule has 2 N–H and O–H groups in total. The first kappa shape index (κ1) is 19.2. The van der Waals surface area contributed by atoms with Crippen LogP contribution in [0, 0.1) is 5.41 Å². The van der Waals surface area contributed by atoms with Crippen molar-refractivity contribution in [2.45, 2.75) is 32.6 Å². The van der Waals surface area contributed by atoms with E-state index in [-0.39, 0.29) is 37.3 Å². The fraction of sp³-hybridized carbons (Fsp3) is 0.467. The Morgan fingerprint density at radius 2 is 1.83 bits per heavy atom. The molecule has 0 aliphatic carbocycles. The molecular formula is C15H18N2O7. The number of aromatic nitrogens is 2. The first-order valence-corrected chi connectivity index (χ1v) is 7.12. The number of hydrogen-bond acceptors (Lipinski definition) is 7. The number of carboxylic acid groups (broad SMARTS) is 2. The molecule has 0 saturated carbocycles. The lowest BCUT2D eigenvalue weighted by atomic mass is 9.74. The Kier molecular flexibility index (Phi) is 6.51. The summed E-state index contributed by atoms with van der Waals surface area (Å²) in [4.78, 5) is 54.5. The van der Waals surface area contributed by atoms with Crippen molar-refractivity contribution in [1.82, 2.24) is 9.97 Å². The van der Waals surface area contributed by atoms with E-state index in [4.69, 9.17) is 9.84 Å². The second-order valence-corrected chi connectivity index (χ2v) is 5.14. The van der Waals surface area contributed by atoms with Gasteiger partial charge in [0.15, 0.2) is 11.2 Å². The van der Waals surface area contributed by atoms with Crippen molar-refractivity contribution in [3.8, 4) is 5.88 Å². The molecule has 0 saturated heterocycles. The van der Waals surface area contributed by atoms with E-state index in [0.29, 0.717) is 0 Å². The van der Waals surface area contributed by atoms with Gasteiger partial charge in [-0.2, -0.15) is 0 Å². The first-order chi connectivity index (χ1) is 11.3. The summed E-state index contributed by atoms with van der Waals surface area (Å²) >= 11 is 0. The zero-order valence-corrected chi connectivity index (χ0v) is 13.3. The van der Waals surface area contributed by atoms with Crippen LogP contribution in [-0.2, 0) is 14.4 Å². The van der Waals surface area contributed by atoms with Gasteiger partial charge < -0.3 is 14.9 Å². The quantitative estimate of drug-likeness (QED) is 0.362. The molecule has 0 bridgehead atoms. The summed E-state index contributed by atoms with van der Waals surface area (Å²) < 4.78 is 4.84. The van der Waals surface area contributed by atoms with E-state index in [9.17, 15) is 24.3 Å². The van der Waals surface area contributed by atoms with E-state index in [1.54, 1.807) is 0 Å². The Morgan fingerprint density at radius 3 is 2.33 bits per heavy atom. The van der Waals surface area contributed by atoms with Crippen molar-refractivity contribution < 1.29 is 34.1 Å². The number of ketones is 2. The number of aliphatic carboxylic acids is 2. The van der Waals surface area contributed by atoms with Gasteiger partial charge in [0.05, 0.1) is 19.5 Å². The highest BCUT2D eigenvalue weighted by Gasteiger charge is 2.51. The van der Waals surface area contributed by atoms with Gasteiger partial charge in [-0.15, -0.1) is 0 Å². The predicted molar refractivity (Wildman–Crippen MR) is 79.8 cm³/mol. The molecule has 0 fully saturated rings. The van der Waals surface area contributed by atoms with Gasteiger partial charge in [0, 0.05) is 6.42 Å². The van der Waals surface area contributed by atoms with E-state index in [2.05, 4.69) is 9.97 Å². The Balaban J connectivity index is 3.16. The van der Waals surface area contributed by atoms with Crippen molar-refractivity contribution in [3.63, 3.8) is 0 Å². The van der Waals surface area contributed by atoms with Crippen LogP contribution in [0.2, 0.25) is 0 Å². The molecule has 0 radical (unpaired) electrons. The Labute approximate surface area is 137 Å². The molecule has 0 amide bonds. The Morgan fingerprint density at radius 1 is 1.17 bits per heavy atom. The number of ether oxygens (including phenoxy) is 1. The maximum Gasteiger partial charge on any atom is 0.325 e. The van der Waals surface area contributed by atoms with Gasteiger partial charge in [-0.3, -0.25) is 24.2 Å². The minimum Gasteiger partial charge on any atom is -0.481 e. The number of hydrogen-bond donors (Lipinski definition) is 2. The Bertz CT molecular complexity index is 643. The molecule has 1 aromatic rings. The van der Waals surface area contributed by atoms with E-state index >= 15 is 0 Å². The maximum absolute atomic E-state index is 12.7. The molecule has 1 atom stereocenters. The number of carbonyl (C=O) groups excluding carboxylic acids is 2. The zero-order valence-electron chi connectivity index (χ0n) is 13.3. The molecule has 1 aromatic heterocycles. The van der Waals surface area contributed by atoms with Crippen molar-refractivity contribution >= 4 is 23.5 Å². The molecule has 1 rings (SSSR count). The zero-order chi connectivity index (χ0) is 18.3. The summed E-state index contributed by atoms with van der Waals surface area (Å²) in [6.07, 6.45) is 2.03. The number of Topliss-reactive ketones (excluding diaryl/α,β-unsaturated/α-hetero) is 2. The van der Waals surface area contributed by atoms with Crippen LogP contribution in [0.4, 0.5) is 0 Å². The summed E-state index contributed by atoms with van der Waals surface area (Å²) in [5, 5.41) is 18.1. The molecule has 24 heavy (non-hydrogen) atoms. The second-order valence-electron chi connectivity index (χ2n) is 5.14. The average molecular weight is 338 g/mol. The predicted octanol–water partition coefficient (Wildman–Crippen LogP) is 0.973. The molecule has 9 heteroatoms. The van der Waals surface area contributed by atoms with Crippen molar-refractivity contribution in [2.75, 3.05) is 7.11 Å². The van der Waals surface area contributed by atoms with Crippen molar-refractivity contribution in [3.05, 3.63) is 18.1 Å². The van der Waals surface area contributed by atoms with Gasteiger partial charge in [0.1, 0.15) is 5.69 Å². The number of carbonyl (C=O) groups is 4. The number of carboxylic acids is 2. The molecule has 1 heterocycles. The van der Waals surface area contributed by atoms with Gasteiger partial charge in [0.2, 0.25) is 11.7 Å². The van der Waals surface area contributed by atoms with Crippen LogP contribution in [0.5, 0.6) is 5.88 Å². The lowest BCUT2D eigenvalue weighted by molar-refractivity contribution is -0.151. The topological polar surface area (TPSA) is 144 Å². The van der Waals surface area contributed by atoms with Crippen LogP contribution in [0.1, 0.15) is 43.1 Å². The van der Waals surface area contributed by atoms with Crippen LogP contribution in [0.15, 0.2) is 12.4 Å². The van der Waals surface area contributed by atoms with Crippen molar-refractivity contribution in [2.24, 2.45) is 5.41 Å². The summed E-state index contributed by atoms with van der Waals surface area (Å²) in [5.74, 6) is -4.47. The smallest absolute Gasteiger partial charge is 0.325 e. The monoisotopic (exact) mass is 338 g/mol. The van der Waals surface area contributed by atoms with Gasteiger partial charge >= 0.3 is 11.9 Å². The van der Waals surface area contributed by atoms with Gasteiger partial charge in [-0.1, -0.05) is 6.42 Å². The highest BCUT2D eigenvalue weighted by molar-refractivity contribution is 6.25. The minimum atomic E-state index is -2.32. The number of rotatable bonds is 10. The Hall–Kier alpha value is -2.84. The second kappa shape index (κ2) is 8.14. The molecular weight excluding hydrogens is 320 g/mol. The highest BCUT2D eigenvalue weighted by Crippen LogP contribution is 2.31. The number of methoxy groups -OCH3 is 1. The van der Waals surface area contributed by atoms with Crippen LogP contribution >= 0.6 is 0 Å². The van der Waals surface area contributed by atoms with Gasteiger partial charge in [-0.25, -0.2) is 4.98 Å². The normalized spacial score (nSPS) is 12.9.